The van der Waals surface area contributed by atoms with Gasteiger partial charge in [-0.2, -0.15) is 5.26 Å². The Balaban J connectivity index is 1.20. The maximum atomic E-state index is 9.88. The van der Waals surface area contributed by atoms with Crippen LogP contribution in [0, 0.1) is 11.3 Å². The molecule has 4 heteroatoms. The van der Waals surface area contributed by atoms with Gasteiger partial charge in [-0.25, -0.2) is 0 Å². The molecule has 7 aromatic carbocycles. The molecule has 1 aliphatic rings. The number of para-hydroxylation sites is 2. The van der Waals surface area contributed by atoms with Crippen LogP contribution in [0.2, 0.25) is 0 Å². The molecule has 9 aromatic rings. The van der Waals surface area contributed by atoms with Crippen LogP contribution in [-0.4, -0.2) is 9.55 Å². The van der Waals surface area contributed by atoms with E-state index < -0.39 is 5.41 Å². The van der Waals surface area contributed by atoms with Gasteiger partial charge in [-0.3, -0.25) is 4.98 Å². The summed E-state index contributed by atoms with van der Waals surface area (Å²) in [5, 5.41) is 13.1. The quantitative estimate of drug-likeness (QED) is 0.190. The Kier molecular flexibility index (Phi) is 6.43. The van der Waals surface area contributed by atoms with Crippen molar-refractivity contribution in [2.45, 2.75) is 5.41 Å². The first-order valence-electron chi connectivity index (χ1n) is 17.1. The van der Waals surface area contributed by atoms with E-state index in [0.717, 1.165) is 72.1 Å². The van der Waals surface area contributed by atoms with E-state index in [4.69, 9.17) is 4.74 Å². The number of pyridine rings is 1. The number of fused-ring (bicyclic) bond motifs is 6. The third kappa shape index (κ3) is 4.29. The minimum Gasteiger partial charge on any atom is -0.457 e. The van der Waals surface area contributed by atoms with Gasteiger partial charge in [-0.1, -0.05) is 115 Å². The number of rotatable bonds is 4. The Morgan fingerprint density at radius 1 is 0.529 bits per heavy atom. The van der Waals surface area contributed by atoms with Gasteiger partial charge in [0, 0.05) is 33.5 Å². The van der Waals surface area contributed by atoms with Gasteiger partial charge in [0.05, 0.1) is 39.3 Å². The fraction of sp³-hybridized carbons (Fsp3) is 0.0213. The molecule has 0 radical (unpaired) electrons. The zero-order valence-electron chi connectivity index (χ0n) is 27.5. The van der Waals surface area contributed by atoms with Crippen LogP contribution in [0.15, 0.2) is 176 Å². The van der Waals surface area contributed by atoms with E-state index in [0.29, 0.717) is 5.56 Å². The number of aromatic nitrogens is 2. The average molecular weight is 652 g/mol. The van der Waals surface area contributed by atoms with Crippen molar-refractivity contribution in [1.29, 1.82) is 5.26 Å². The maximum absolute atomic E-state index is 9.88. The molecule has 0 aliphatic carbocycles. The van der Waals surface area contributed by atoms with Gasteiger partial charge in [0.2, 0.25) is 0 Å². The summed E-state index contributed by atoms with van der Waals surface area (Å²) in [5.74, 6) is 1.68. The van der Waals surface area contributed by atoms with Gasteiger partial charge >= 0.3 is 0 Å². The molecule has 51 heavy (non-hydrogen) atoms. The van der Waals surface area contributed by atoms with Crippen LogP contribution >= 0.6 is 0 Å². The number of nitriles is 1. The summed E-state index contributed by atoms with van der Waals surface area (Å²) in [6, 6.07) is 61.7. The minimum absolute atomic E-state index is 0.566. The highest BCUT2D eigenvalue weighted by Crippen LogP contribution is 2.55. The molecular formula is C47H29N3O. The second-order valence-electron chi connectivity index (χ2n) is 13.0. The van der Waals surface area contributed by atoms with Crippen molar-refractivity contribution in [3.05, 3.63) is 204 Å². The summed E-state index contributed by atoms with van der Waals surface area (Å²) in [6.45, 7) is 0. The van der Waals surface area contributed by atoms with Gasteiger partial charge < -0.3 is 9.30 Å². The molecule has 0 spiro atoms. The van der Waals surface area contributed by atoms with Crippen LogP contribution in [-0.2, 0) is 5.41 Å². The molecule has 10 rings (SSSR count). The van der Waals surface area contributed by atoms with E-state index in [1.807, 2.05) is 42.6 Å². The number of benzene rings is 7. The summed E-state index contributed by atoms with van der Waals surface area (Å²) < 4.78 is 9.07. The lowest BCUT2D eigenvalue weighted by atomic mass is 9.63. The van der Waals surface area contributed by atoms with Gasteiger partial charge in [0.15, 0.2) is 0 Å². The van der Waals surface area contributed by atoms with E-state index in [9.17, 15) is 5.26 Å². The standard InChI is InChI=1S/C47H29N3O/c48-30-31-19-23-42-37(27-31)38-28-32(21-24-43(38)50(42)44-25-26-49-41-17-9-7-15-36(41)44)33-20-22-40-46(29-33)51-45-18-10-8-16-39(45)47(40,34-11-3-1-4-12-34)35-13-5-2-6-14-35/h1-29H. The number of hydrogen-bond acceptors (Lipinski definition) is 3. The second kappa shape index (κ2) is 11.3. The third-order valence-electron chi connectivity index (χ3n) is 10.4. The molecule has 238 valence electrons. The molecular weight excluding hydrogens is 623 g/mol. The van der Waals surface area contributed by atoms with E-state index in [-0.39, 0.29) is 0 Å². The SMILES string of the molecule is N#Cc1ccc2c(c1)c1cc(-c3ccc4c(c3)Oc3ccccc3C4(c3ccccc3)c3ccccc3)ccc1n2-c1ccnc2ccccc12. The van der Waals surface area contributed by atoms with Crippen molar-refractivity contribution in [3.8, 4) is 34.4 Å². The molecule has 0 amide bonds. The molecule has 0 N–H and O–H groups in total. The fourth-order valence-corrected chi connectivity index (χ4v) is 8.20. The number of ether oxygens (including phenoxy) is 1. The van der Waals surface area contributed by atoms with Crippen molar-refractivity contribution >= 4 is 32.7 Å². The summed E-state index contributed by atoms with van der Waals surface area (Å²) in [7, 11) is 0. The van der Waals surface area contributed by atoms with Crippen molar-refractivity contribution in [2.75, 3.05) is 0 Å². The molecule has 0 unspecified atom stereocenters. The lowest BCUT2D eigenvalue weighted by molar-refractivity contribution is 0.435. The highest BCUT2D eigenvalue weighted by molar-refractivity contribution is 6.12. The molecule has 0 atom stereocenters. The first kappa shape index (κ1) is 29.0. The number of nitrogens with zero attached hydrogens (tertiary/aromatic N) is 3. The normalized spacial score (nSPS) is 13.0. The van der Waals surface area contributed by atoms with Crippen molar-refractivity contribution in [3.63, 3.8) is 0 Å². The summed E-state index contributed by atoms with van der Waals surface area (Å²) in [5.41, 5.74) is 10.9. The van der Waals surface area contributed by atoms with Crippen LogP contribution in [0.5, 0.6) is 11.5 Å². The molecule has 2 aromatic heterocycles. The van der Waals surface area contributed by atoms with E-state index in [1.54, 1.807) is 0 Å². The van der Waals surface area contributed by atoms with Crippen LogP contribution in [0.4, 0.5) is 0 Å². The minimum atomic E-state index is -0.566. The van der Waals surface area contributed by atoms with Gasteiger partial charge in [-0.15, -0.1) is 0 Å². The Labute approximate surface area is 295 Å². The Morgan fingerprint density at radius 2 is 1.16 bits per heavy atom. The van der Waals surface area contributed by atoms with Crippen LogP contribution < -0.4 is 4.74 Å². The zero-order chi connectivity index (χ0) is 33.9. The third-order valence-corrected chi connectivity index (χ3v) is 10.4. The van der Waals surface area contributed by atoms with E-state index >= 15 is 0 Å². The Bertz CT molecular complexity index is 2800. The molecule has 4 nitrogen and oxygen atoms in total. The Morgan fingerprint density at radius 3 is 1.94 bits per heavy atom. The fourth-order valence-electron chi connectivity index (χ4n) is 8.20. The summed E-state index contributed by atoms with van der Waals surface area (Å²) in [4.78, 5) is 4.62. The van der Waals surface area contributed by atoms with Crippen molar-refractivity contribution in [1.82, 2.24) is 9.55 Å². The van der Waals surface area contributed by atoms with Crippen LogP contribution in [0.1, 0.15) is 27.8 Å². The smallest absolute Gasteiger partial charge is 0.132 e. The lowest BCUT2D eigenvalue weighted by Gasteiger charge is -2.41. The first-order valence-corrected chi connectivity index (χ1v) is 17.1. The molecule has 3 heterocycles. The monoisotopic (exact) mass is 651 g/mol. The second-order valence-corrected chi connectivity index (χ2v) is 13.0. The largest absolute Gasteiger partial charge is 0.457 e. The maximum Gasteiger partial charge on any atom is 0.132 e. The molecule has 0 fully saturated rings. The predicted molar refractivity (Wildman–Crippen MR) is 205 cm³/mol. The molecule has 0 bridgehead atoms. The van der Waals surface area contributed by atoms with Crippen LogP contribution in [0.3, 0.4) is 0 Å². The molecule has 0 saturated carbocycles. The summed E-state index contributed by atoms with van der Waals surface area (Å²) in [6.07, 6.45) is 1.86. The topological polar surface area (TPSA) is 50.8 Å². The first-order chi connectivity index (χ1) is 25.2. The van der Waals surface area contributed by atoms with Crippen LogP contribution in [0.25, 0.3) is 49.5 Å². The lowest BCUT2D eigenvalue weighted by Crippen LogP contribution is -2.34. The Hall–Kier alpha value is -6.96. The average Bonchev–Trinajstić information content (AvgIpc) is 3.52. The highest BCUT2D eigenvalue weighted by Gasteiger charge is 2.45. The molecule has 1 aliphatic heterocycles. The van der Waals surface area contributed by atoms with E-state index in [2.05, 4.69) is 149 Å². The van der Waals surface area contributed by atoms with Crippen molar-refractivity contribution < 1.29 is 4.74 Å². The predicted octanol–water partition coefficient (Wildman–Crippen LogP) is 11.4. The summed E-state index contributed by atoms with van der Waals surface area (Å²) >= 11 is 0. The zero-order valence-corrected chi connectivity index (χ0v) is 27.5. The molecule has 0 saturated heterocycles. The highest BCUT2D eigenvalue weighted by atomic mass is 16.5. The van der Waals surface area contributed by atoms with Gasteiger partial charge in [0.25, 0.3) is 0 Å². The number of hydrogen-bond donors (Lipinski definition) is 0. The van der Waals surface area contributed by atoms with E-state index in [1.165, 1.54) is 11.1 Å². The van der Waals surface area contributed by atoms with Crippen molar-refractivity contribution in [2.24, 2.45) is 0 Å². The van der Waals surface area contributed by atoms with Gasteiger partial charge in [-0.05, 0) is 76.9 Å². The van der Waals surface area contributed by atoms with Gasteiger partial charge in [0.1, 0.15) is 11.5 Å².